The van der Waals surface area contributed by atoms with Gasteiger partial charge in [0.1, 0.15) is 6.04 Å². The molecular weight excluding hydrogens is 250 g/mol. The molecule has 0 bridgehead atoms. The maximum absolute atomic E-state index is 11.9. The lowest BCUT2D eigenvalue weighted by atomic mass is 10.1. The van der Waals surface area contributed by atoms with Crippen molar-refractivity contribution in [3.05, 3.63) is 23.5 Å². The highest BCUT2D eigenvalue weighted by molar-refractivity contribution is 5.98. The van der Waals surface area contributed by atoms with Gasteiger partial charge in [0.05, 0.1) is 16.6 Å². The fraction of sp³-hybridized carbons (Fsp3) is 0.333. The lowest BCUT2D eigenvalue weighted by molar-refractivity contribution is -0.139. The minimum atomic E-state index is -1.06. The van der Waals surface area contributed by atoms with Gasteiger partial charge in [0, 0.05) is 6.20 Å². The molecule has 7 nitrogen and oxygen atoms in total. The molecule has 2 N–H and O–H groups in total. The van der Waals surface area contributed by atoms with Crippen molar-refractivity contribution in [3.63, 3.8) is 0 Å². The summed E-state index contributed by atoms with van der Waals surface area (Å²) in [6.45, 7) is 3.42. The first-order valence-electron chi connectivity index (χ1n) is 5.78. The van der Waals surface area contributed by atoms with Crippen LogP contribution in [0.4, 0.5) is 0 Å². The summed E-state index contributed by atoms with van der Waals surface area (Å²) in [6.07, 6.45) is 1.64. The molecule has 2 aromatic rings. The summed E-state index contributed by atoms with van der Waals surface area (Å²) in [4.78, 5) is 26.8. The van der Waals surface area contributed by atoms with Gasteiger partial charge in [-0.1, -0.05) is 12.1 Å². The van der Waals surface area contributed by atoms with Crippen LogP contribution in [0.1, 0.15) is 29.4 Å². The number of carboxylic acid groups (broad SMARTS) is 1. The molecule has 0 aliphatic rings. The molecule has 0 aliphatic heterocycles. The third kappa shape index (κ3) is 2.54. The van der Waals surface area contributed by atoms with Crippen LogP contribution in [0.5, 0.6) is 0 Å². The molecule has 19 heavy (non-hydrogen) atoms. The summed E-state index contributed by atoms with van der Waals surface area (Å²) >= 11 is 0. The minimum Gasteiger partial charge on any atom is -0.480 e. The number of aliphatic carboxylic acids is 1. The number of fused-ring (bicyclic) bond motifs is 1. The molecule has 0 aliphatic carbocycles. The van der Waals surface area contributed by atoms with E-state index >= 15 is 0 Å². The Morgan fingerprint density at radius 3 is 2.89 bits per heavy atom. The van der Waals surface area contributed by atoms with Crippen LogP contribution in [0.15, 0.2) is 16.8 Å². The van der Waals surface area contributed by atoms with Gasteiger partial charge in [0.2, 0.25) is 0 Å². The quantitative estimate of drug-likeness (QED) is 0.856. The molecule has 0 radical (unpaired) electrons. The molecule has 0 fully saturated rings. The van der Waals surface area contributed by atoms with E-state index in [4.69, 9.17) is 9.63 Å². The fourth-order valence-corrected chi connectivity index (χ4v) is 1.65. The van der Waals surface area contributed by atoms with Crippen molar-refractivity contribution < 1.29 is 19.2 Å². The predicted octanol–water partition coefficient (Wildman–Crippen LogP) is 1.12. The van der Waals surface area contributed by atoms with Crippen molar-refractivity contribution in [3.8, 4) is 0 Å². The molecule has 0 unspecified atom stereocenters. The molecule has 0 saturated carbocycles. The molecule has 0 aromatic carbocycles. The summed E-state index contributed by atoms with van der Waals surface area (Å²) in [6, 6.07) is 0.671. The van der Waals surface area contributed by atoms with Crippen LogP contribution in [0.25, 0.3) is 11.1 Å². The van der Waals surface area contributed by atoms with E-state index in [-0.39, 0.29) is 5.56 Å². The van der Waals surface area contributed by atoms with Gasteiger partial charge in [-0.3, -0.25) is 4.79 Å². The number of aromatic nitrogens is 2. The average Bonchev–Trinajstić information content (AvgIpc) is 2.76. The van der Waals surface area contributed by atoms with Crippen LogP contribution in [-0.2, 0) is 4.79 Å². The van der Waals surface area contributed by atoms with Gasteiger partial charge in [0.15, 0.2) is 0 Å². The second kappa shape index (κ2) is 5.05. The van der Waals surface area contributed by atoms with Crippen molar-refractivity contribution in [2.24, 2.45) is 0 Å². The number of hydrogen-bond donors (Lipinski definition) is 2. The summed E-state index contributed by atoms with van der Waals surface area (Å²) in [7, 11) is 0. The fourth-order valence-electron chi connectivity index (χ4n) is 1.65. The van der Waals surface area contributed by atoms with Crippen LogP contribution < -0.4 is 5.32 Å². The number of nitrogens with one attached hydrogen (secondary N) is 1. The summed E-state index contributed by atoms with van der Waals surface area (Å²) in [5, 5.41) is 15.7. The summed E-state index contributed by atoms with van der Waals surface area (Å²) in [5.74, 6) is -1.55. The van der Waals surface area contributed by atoms with Crippen LogP contribution in [0.3, 0.4) is 0 Å². The van der Waals surface area contributed by atoms with E-state index in [0.717, 1.165) is 0 Å². The number of carboxylic acids is 1. The summed E-state index contributed by atoms with van der Waals surface area (Å²) in [5.41, 5.74) is 1.25. The van der Waals surface area contributed by atoms with Crippen molar-refractivity contribution in [2.45, 2.75) is 26.3 Å². The smallest absolute Gasteiger partial charge is 0.326 e. The maximum atomic E-state index is 11.9. The van der Waals surface area contributed by atoms with Crippen LogP contribution in [0.2, 0.25) is 0 Å². The zero-order chi connectivity index (χ0) is 14.0. The van der Waals surface area contributed by atoms with E-state index in [1.807, 2.05) is 0 Å². The van der Waals surface area contributed by atoms with Crippen LogP contribution >= 0.6 is 0 Å². The molecule has 2 rings (SSSR count). The van der Waals surface area contributed by atoms with Crippen molar-refractivity contribution in [1.82, 2.24) is 15.5 Å². The largest absolute Gasteiger partial charge is 0.480 e. The monoisotopic (exact) mass is 263 g/mol. The number of carbonyl (C=O) groups excluding carboxylic acids is 1. The Kier molecular flexibility index (Phi) is 3.46. The lowest BCUT2D eigenvalue weighted by Crippen LogP contribution is -2.40. The van der Waals surface area contributed by atoms with Crippen LogP contribution in [0, 0.1) is 6.92 Å². The van der Waals surface area contributed by atoms with Gasteiger partial charge in [-0.15, -0.1) is 0 Å². The second-order valence-electron chi connectivity index (χ2n) is 4.12. The first-order valence-corrected chi connectivity index (χ1v) is 5.78. The molecule has 1 atom stereocenters. The van der Waals surface area contributed by atoms with Gasteiger partial charge >= 0.3 is 5.97 Å². The molecule has 100 valence electrons. The molecule has 2 aromatic heterocycles. The van der Waals surface area contributed by atoms with Crippen molar-refractivity contribution in [2.75, 3.05) is 0 Å². The molecule has 0 spiro atoms. The number of aryl methyl sites for hydroxylation is 1. The molecule has 7 heteroatoms. The Balaban J connectivity index is 2.26. The number of carbonyl (C=O) groups is 2. The number of pyridine rings is 1. The Morgan fingerprint density at radius 1 is 1.53 bits per heavy atom. The van der Waals surface area contributed by atoms with Crippen molar-refractivity contribution >= 4 is 23.0 Å². The standard InChI is InChI=1S/C12H13N3O4/c1-3-9(12(17)18)14-10(16)7-4-8-6(2)15-19-11(8)13-5-7/h4-5,9H,3H2,1-2H3,(H,14,16)(H,17,18)/t9-/m1/s1. The first kappa shape index (κ1) is 13.0. The van der Waals surface area contributed by atoms with Gasteiger partial charge in [-0.2, -0.15) is 0 Å². The van der Waals surface area contributed by atoms with Gasteiger partial charge < -0.3 is 14.9 Å². The molecule has 0 saturated heterocycles. The Labute approximate surface area is 108 Å². The summed E-state index contributed by atoms with van der Waals surface area (Å²) < 4.78 is 4.94. The highest BCUT2D eigenvalue weighted by atomic mass is 16.5. The Hall–Kier alpha value is -2.44. The zero-order valence-electron chi connectivity index (χ0n) is 10.5. The van der Waals surface area contributed by atoms with Gasteiger partial charge in [-0.25, -0.2) is 9.78 Å². The number of nitrogens with zero attached hydrogens (tertiary/aromatic N) is 2. The Morgan fingerprint density at radius 2 is 2.26 bits per heavy atom. The predicted molar refractivity (Wildman–Crippen MR) is 65.7 cm³/mol. The maximum Gasteiger partial charge on any atom is 0.326 e. The Bertz CT molecular complexity index is 635. The molecular formula is C12H13N3O4. The van der Waals surface area contributed by atoms with E-state index in [1.54, 1.807) is 19.9 Å². The lowest BCUT2D eigenvalue weighted by Gasteiger charge is -2.11. The number of rotatable bonds is 4. The number of amides is 1. The van der Waals surface area contributed by atoms with E-state index in [9.17, 15) is 9.59 Å². The number of hydrogen-bond acceptors (Lipinski definition) is 5. The highest BCUT2D eigenvalue weighted by Crippen LogP contribution is 2.16. The van der Waals surface area contributed by atoms with E-state index in [2.05, 4.69) is 15.5 Å². The average molecular weight is 263 g/mol. The topological polar surface area (TPSA) is 105 Å². The van der Waals surface area contributed by atoms with Crippen LogP contribution in [-0.4, -0.2) is 33.2 Å². The van der Waals surface area contributed by atoms with Gasteiger partial charge in [-0.05, 0) is 19.4 Å². The first-order chi connectivity index (χ1) is 9.02. The third-order valence-corrected chi connectivity index (χ3v) is 2.78. The van der Waals surface area contributed by atoms with E-state index in [0.29, 0.717) is 23.2 Å². The highest BCUT2D eigenvalue weighted by Gasteiger charge is 2.19. The SMILES string of the molecule is CC[C@@H](NC(=O)c1cnc2onc(C)c2c1)C(=O)O. The normalized spacial score (nSPS) is 12.3. The minimum absolute atomic E-state index is 0.276. The second-order valence-corrected chi connectivity index (χ2v) is 4.12. The molecule has 2 heterocycles. The van der Waals surface area contributed by atoms with E-state index in [1.165, 1.54) is 6.20 Å². The third-order valence-electron chi connectivity index (χ3n) is 2.78. The van der Waals surface area contributed by atoms with E-state index < -0.39 is 17.9 Å². The zero-order valence-corrected chi connectivity index (χ0v) is 10.5. The van der Waals surface area contributed by atoms with Gasteiger partial charge in [0.25, 0.3) is 11.6 Å². The molecule has 1 amide bonds. The van der Waals surface area contributed by atoms with Crippen molar-refractivity contribution in [1.29, 1.82) is 0 Å².